The van der Waals surface area contributed by atoms with E-state index in [4.69, 9.17) is 4.74 Å². The van der Waals surface area contributed by atoms with E-state index in [1.165, 1.54) is 16.4 Å². The minimum atomic E-state index is -3.84. The lowest BCUT2D eigenvalue weighted by atomic mass is 10.0. The Bertz CT molecular complexity index is 1470. The number of benzene rings is 1. The number of hydrogen-bond acceptors (Lipinski definition) is 7. The summed E-state index contributed by atoms with van der Waals surface area (Å²) in [5.41, 5.74) is 0.849. The van der Waals surface area contributed by atoms with Crippen molar-refractivity contribution >= 4 is 32.8 Å². The molecule has 0 N–H and O–H groups in total. The van der Waals surface area contributed by atoms with Crippen molar-refractivity contribution in [2.45, 2.75) is 50.2 Å². The van der Waals surface area contributed by atoms with E-state index in [2.05, 4.69) is 16.0 Å². The molecule has 194 valence electrons. The maximum atomic E-state index is 13.3. The van der Waals surface area contributed by atoms with Crippen molar-refractivity contribution in [2.24, 2.45) is 11.8 Å². The number of rotatable bonds is 4. The summed E-state index contributed by atoms with van der Waals surface area (Å²) in [6, 6.07) is 12.3. The van der Waals surface area contributed by atoms with Gasteiger partial charge in [-0.15, -0.1) is 0 Å². The van der Waals surface area contributed by atoms with Crippen LogP contribution in [0.25, 0.3) is 11.0 Å². The van der Waals surface area contributed by atoms with Gasteiger partial charge < -0.3 is 14.5 Å². The van der Waals surface area contributed by atoms with Crippen LogP contribution in [-0.2, 0) is 14.8 Å². The summed E-state index contributed by atoms with van der Waals surface area (Å²) in [4.78, 5) is 21.0. The smallest absolute Gasteiger partial charge is 0.410 e. The van der Waals surface area contributed by atoms with E-state index < -0.39 is 15.6 Å². The fraction of sp³-hybridized carbons (Fsp3) is 0.444. The number of aromatic nitrogens is 2. The van der Waals surface area contributed by atoms with Crippen molar-refractivity contribution in [3.8, 4) is 6.07 Å². The highest BCUT2D eigenvalue weighted by molar-refractivity contribution is 7.90. The lowest BCUT2D eigenvalue weighted by Crippen LogP contribution is -2.37. The van der Waals surface area contributed by atoms with Crippen molar-refractivity contribution in [3.05, 3.63) is 54.4 Å². The zero-order valence-electron chi connectivity index (χ0n) is 21.5. The van der Waals surface area contributed by atoms with Gasteiger partial charge in [0.25, 0.3) is 10.0 Å². The molecule has 1 saturated carbocycles. The topological polar surface area (TPSA) is 109 Å². The molecule has 1 amide bonds. The van der Waals surface area contributed by atoms with Gasteiger partial charge in [0.05, 0.1) is 16.1 Å². The number of hydrogen-bond donors (Lipinski definition) is 0. The summed E-state index contributed by atoms with van der Waals surface area (Å²) >= 11 is 0. The van der Waals surface area contributed by atoms with Gasteiger partial charge in [-0.05, 0) is 63.6 Å². The summed E-state index contributed by atoms with van der Waals surface area (Å²) in [6.45, 7) is 6.92. The monoisotopic (exact) mass is 521 g/mol. The molecule has 0 radical (unpaired) electrons. The van der Waals surface area contributed by atoms with E-state index in [9.17, 15) is 18.5 Å². The van der Waals surface area contributed by atoms with Gasteiger partial charge in [0.15, 0.2) is 5.65 Å². The standard InChI is InChI=1S/C27H31N5O4S/c1-27(2,3)36-26(33)31-16-18-12-21(13-19(18)17-31)30(4)24-20(14-28)15-29-25-23(24)10-11-32(25)37(34,35)22-8-6-5-7-9-22/h5-11,15,18-19,21H,12-13,16-17H2,1-4H3. The van der Waals surface area contributed by atoms with Gasteiger partial charge in [0.2, 0.25) is 0 Å². The van der Waals surface area contributed by atoms with Gasteiger partial charge in [-0.3, -0.25) is 0 Å². The Kier molecular flexibility index (Phi) is 6.15. The fourth-order valence-electron chi connectivity index (χ4n) is 5.65. The SMILES string of the molecule is CN(c1c(C#N)cnc2c1ccn2S(=O)(=O)c1ccccc1)C1CC2CN(C(=O)OC(C)(C)C)CC2C1. The van der Waals surface area contributed by atoms with Gasteiger partial charge in [-0.25, -0.2) is 22.2 Å². The van der Waals surface area contributed by atoms with Crippen LogP contribution in [0.4, 0.5) is 10.5 Å². The highest BCUT2D eigenvalue weighted by Crippen LogP contribution is 2.43. The van der Waals surface area contributed by atoms with Crippen LogP contribution in [0.15, 0.2) is 53.7 Å². The molecule has 1 aliphatic carbocycles. The molecule has 2 atom stereocenters. The van der Waals surface area contributed by atoms with E-state index in [-0.39, 0.29) is 17.0 Å². The third-order valence-corrected chi connectivity index (χ3v) is 9.03. The molecule has 2 fully saturated rings. The van der Waals surface area contributed by atoms with Crippen LogP contribution < -0.4 is 4.90 Å². The van der Waals surface area contributed by atoms with Crippen molar-refractivity contribution in [3.63, 3.8) is 0 Å². The van der Waals surface area contributed by atoms with Crippen molar-refractivity contribution in [2.75, 3.05) is 25.0 Å². The van der Waals surface area contributed by atoms with Gasteiger partial charge in [0.1, 0.15) is 11.7 Å². The second kappa shape index (κ2) is 9.06. The van der Waals surface area contributed by atoms with E-state index in [1.54, 1.807) is 41.3 Å². The number of nitrogens with zero attached hydrogens (tertiary/aromatic N) is 5. The van der Waals surface area contributed by atoms with Gasteiger partial charge in [-0.1, -0.05) is 18.2 Å². The zero-order valence-corrected chi connectivity index (χ0v) is 22.3. The minimum Gasteiger partial charge on any atom is -0.444 e. The molecule has 3 heterocycles. The number of nitriles is 1. The molecule has 1 saturated heterocycles. The van der Waals surface area contributed by atoms with Crippen molar-refractivity contribution in [1.29, 1.82) is 5.26 Å². The van der Waals surface area contributed by atoms with Crippen LogP contribution in [0.3, 0.4) is 0 Å². The first-order valence-corrected chi connectivity index (χ1v) is 13.8. The molecule has 2 aromatic heterocycles. The number of carbonyl (C=O) groups excluding carboxylic acids is 1. The Morgan fingerprint density at radius 1 is 1.14 bits per heavy atom. The highest BCUT2D eigenvalue weighted by atomic mass is 32.2. The number of likely N-dealkylation sites (tertiary alicyclic amines) is 1. The maximum absolute atomic E-state index is 13.3. The van der Waals surface area contributed by atoms with Crippen LogP contribution in [0.5, 0.6) is 0 Å². The first kappa shape index (κ1) is 25.1. The average molecular weight is 522 g/mol. The number of fused-ring (bicyclic) bond motifs is 2. The third kappa shape index (κ3) is 4.53. The summed E-state index contributed by atoms with van der Waals surface area (Å²) < 4.78 is 33.3. The number of carbonyl (C=O) groups is 1. The molecule has 3 aromatic rings. The summed E-state index contributed by atoms with van der Waals surface area (Å²) in [6.07, 6.45) is 4.43. The molecule has 37 heavy (non-hydrogen) atoms. The first-order valence-electron chi connectivity index (χ1n) is 12.4. The first-order chi connectivity index (χ1) is 17.5. The van der Waals surface area contributed by atoms with Gasteiger partial charge in [0, 0.05) is 44.0 Å². The van der Waals surface area contributed by atoms with Gasteiger partial charge >= 0.3 is 6.09 Å². The van der Waals surface area contributed by atoms with Crippen LogP contribution in [0.1, 0.15) is 39.2 Å². The van der Waals surface area contributed by atoms with Crippen molar-refractivity contribution in [1.82, 2.24) is 13.9 Å². The Balaban J connectivity index is 1.41. The number of ether oxygens (including phenoxy) is 1. The average Bonchev–Trinajstić information content (AvgIpc) is 3.56. The molecule has 5 rings (SSSR count). The molecular formula is C27H31N5O4S. The molecule has 9 nitrogen and oxygen atoms in total. The second-order valence-corrected chi connectivity index (χ2v) is 12.8. The summed E-state index contributed by atoms with van der Waals surface area (Å²) in [7, 11) is -1.89. The normalized spacial score (nSPS) is 21.6. The molecule has 1 aromatic carbocycles. The Labute approximate surface area is 217 Å². The van der Waals surface area contributed by atoms with Crippen LogP contribution in [0, 0.1) is 23.2 Å². The summed E-state index contributed by atoms with van der Waals surface area (Å²) in [5.74, 6) is 0.705. The van der Waals surface area contributed by atoms with E-state index in [0.717, 1.165) is 12.8 Å². The van der Waals surface area contributed by atoms with E-state index >= 15 is 0 Å². The molecule has 10 heteroatoms. The largest absolute Gasteiger partial charge is 0.444 e. The van der Waals surface area contributed by atoms with Crippen LogP contribution in [-0.4, -0.2) is 60.1 Å². The quantitative estimate of drug-likeness (QED) is 0.506. The lowest BCUT2D eigenvalue weighted by Gasteiger charge is -2.30. The second-order valence-electron chi connectivity index (χ2n) is 10.9. The Hall–Kier alpha value is -3.58. The molecule has 1 aliphatic heterocycles. The van der Waals surface area contributed by atoms with E-state index in [0.29, 0.717) is 47.2 Å². The lowest BCUT2D eigenvalue weighted by molar-refractivity contribution is 0.0279. The number of anilines is 1. The van der Waals surface area contributed by atoms with Crippen LogP contribution in [0.2, 0.25) is 0 Å². The molecular weight excluding hydrogens is 490 g/mol. The fourth-order valence-corrected chi connectivity index (χ4v) is 6.98. The Morgan fingerprint density at radius 3 is 2.38 bits per heavy atom. The minimum absolute atomic E-state index is 0.155. The van der Waals surface area contributed by atoms with Gasteiger partial charge in [-0.2, -0.15) is 5.26 Å². The molecule has 2 unspecified atom stereocenters. The predicted molar refractivity (Wildman–Crippen MR) is 140 cm³/mol. The van der Waals surface area contributed by atoms with E-state index in [1.807, 2.05) is 27.8 Å². The Morgan fingerprint density at radius 2 is 1.78 bits per heavy atom. The predicted octanol–water partition coefficient (Wildman–Crippen LogP) is 4.23. The maximum Gasteiger partial charge on any atom is 0.410 e. The molecule has 0 bridgehead atoms. The molecule has 2 aliphatic rings. The summed E-state index contributed by atoms with van der Waals surface area (Å²) in [5, 5.41) is 10.5. The molecule has 0 spiro atoms. The van der Waals surface area contributed by atoms with Crippen molar-refractivity contribution < 1.29 is 17.9 Å². The third-order valence-electron chi connectivity index (χ3n) is 7.35. The zero-order chi connectivity index (χ0) is 26.5. The number of pyridine rings is 1. The van der Waals surface area contributed by atoms with Crippen LogP contribution >= 0.6 is 0 Å². The number of amides is 1. The highest BCUT2D eigenvalue weighted by Gasteiger charge is 2.45.